The van der Waals surface area contributed by atoms with E-state index in [4.69, 9.17) is 0 Å². The van der Waals surface area contributed by atoms with E-state index in [1.807, 2.05) is 61.2 Å². The van der Waals surface area contributed by atoms with Gasteiger partial charge in [0.1, 0.15) is 0 Å². The lowest BCUT2D eigenvalue weighted by Gasteiger charge is -2.26. The summed E-state index contributed by atoms with van der Waals surface area (Å²) in [7, 11) is 0. The average molecular weight is 395 g/mol. The van der Waals surface area contributed by atoms with Crippen molar-refractivity contribution in [1.29, 1.82) is 0 Å². The maximum atomic E-state index is 13.2. The molecule has 28 heavy (non-hydrogen) atoms. The Labute approximate surface area is 167 Å². The number of anilines is 1. The van der Waals surface area contributed by atoms with Crippen LogP contribution in [-0.2, 0) is 13.0 Å². The number of nitrogens with zero attached hydrogens (tertiary/aromatic N) is 2. The highest BCUT2D eigenvalue weighted by Crippen LogP contribution is 2.30. The standard InChI is InChI=1S/C21H22N4O2S/c1-13(2)22-20(27)24-21-23-17-10-11-25(12-18(17)28-21)19(26)16-9-5-7-14-6-3-4-8-15(14)16/h3-9,13H,10-12H2,1-2H3,(H2,22,23,24,27). The molecular formula is C21H22N4O2S. The fraction of sp³-hybridized carbons (Fsp3) is 0.286. The van der Waals surface area contributed by atoms with Gasteiger partial charge in [-0.25, -0.2) is 9.78 Å². The molecule has 0 fully saturated rings. The minimum absolute atomic E-state index is 0.0305. The Morgan fingerprint density at radius 1 is 1.14 bits per heavy atom. The first kappa shape index (κ1) is 18.4. The molecule has 0 unspecified atom stereocenters. The zero-order chi connectivity index (χ0) is 19.7. The minimum atomic E-state index is -0.259. The number of rotatable bonds is 3. The molecule has 0 aliphatic carbocycles. The van der Waals surface area contributed by atoms with Crippen LogP contribution in [0.4, 0.5) is 9.93 Å². The number of aromatic nitrogens is 1. The highest BCUT2D eigenvalue weighted by atomic mass is 32.1. The van der Waals surface area contributed by atoms with Crippen LogP contribution in [0.25, 0.3) is 10.8 Å². The molecule has 1 aliphatic rings. The summed E-state index contributed by atoms with van der Waals surface area (Å²) >= 11 is 1.43. The van der Waals surface area contributed by atoms with E-state index < -0.39 is 0 Å². The summed E-state index contributed by atoms with van der Waals surface area (Å²) in [5.74, 6) is 0.0305. The van der Waals surface area contributed by atoms with Crippen LogP contribution in [0, 0.1) is 0 Å². The molecule has 1 aromatic heterocycles. The van der Waals surface area contributed by atoms with Crippen molar-refractivity contribution in [2.45, 2.75) is 32.9 Å². The van der Waals surface area contributed by atoms with E-state index >= 15 is 0 Å². The molecule has 6 nitrogen and oxygen atoms in total. The third kappa shape index (κ3) is 3.71. The number of hydrogen-bond donors (Lipinski definition) is 2. The second-order valence-electron chi connectivity index (χ2n) is 7.15. The fourth-order valence-electron chi connectivity index (χ4n) is 3.40. The van der Waals surface area contributed by atoms with Gasteiger partial charge in [0, 0.05) is 29.4 Å². The number of thiazole rings is 1. The predicted octanol–water partition coefficient (Wildman–Crippen LogP) is 4.02. The molecule has 2 N–H and O–H groups in total. The molecule has 0 radical (unpaired) electrons. The molecule has 2 heterocycles. The number of hydrogen-bond acceptors (Lipinski definition) is 4. The van der Waals surface area contributed by atoms with Gasteiger partial charge >= 0.3 is 6.03 Å². The Bertz CT molecular complexity index is 1040. The van der Waals surface area contributed by atoms with Crippen LogP contribution in [-0.4, -0.2) is 34.4 Å². The smallest absolute Gasteiger partial charge is 0.321 e. The van der Waals surface area contributed by atoms with Gasteiger partial charge < -0.3 is 10.2 Å². The van der Waals surface area contributed by atoms with Gasteiger partial charge in [-0.05, 0) is 30.7 Å². The normalized spacial score (nSPS) is 13.5. The lowest BCUT2D eigenvalue weighted by atomic mass is 10.0. The summed E-state index contributed by atoms with van der Waals surface area (Å²) in [4.78, 5) is 32.5. The molecule has 3 amide bonds. The van der Waals surface area contributed by atoms with Gasteiger partial charge in [0.15, 0.2) is 5.13 Å². The highest BCUT2D eigenvalue weighted by molar-refractivity contribution is 7.15. The SMILES string of the molecule is CC(C)NC(=O)Nc1nc2c(s1)CN(C(=O)c1cccc3ccccc13)CC2. The van der Waals surface area contributed by atoms with Crippen molar-refractivity contribution in [3.05, 3.63) is 58.6 Å². The van der Waals surface area contributed by atoms with Crippen LogP contribution >= 0.6 is 11.3 Å². The van der Waals surface area contributed by atoms with E-state index in [0.717, 1.165) is 26.9 Å². The molecule has 0 saturated carbocycles. The summed E-state index contributed by atoms with van der Waals surface area (Å²) in [6.45, 7) is 4.95. The number of carbonyl (C=O) groups is 2. The van der Waals surface area contributed by atoms with Crippen molar-refractivity contribution in [1.82, 2.24) is 15.2 Å². The summed E-state index contributed by atoms with van der Waals surface area (Å²) in [5.41, 5.74) is 1.69. The van der Waals surface area contributed by atoms with Gasteiger partial charge in [-0.1, -0.05) is 47.7 Å². The first-order valence-electron chi connectivity index (χ1n) is 9.34. The summed E-state index contributed by atoms with van der Waals surface area (Å²) in [6.07, 6.45) is 0.690. The molecule has 0 bridgehead atoms. The maximum absolute atomic E-state index is 13.2. The van der Waals surface area contributed by atoms with Crippen molar-refractivity contribution in [3.63, 3.8) is 0 Å². The zero-order valence-electron chi connectivity index (χ0n) is 15.9. The largest absolute Gasteiger partial charge is 0.336 e. The average Bonchev–Trinajstić information content (AvgIpc) is 3.07. The molecule has 4 rings (SSSR count). The third-order valence-corrected chi connectivity index (χ3v) is 5.68. The van der Waals surface area contributed by atoms with Gasteiger partial charge in [-0.2, -0.15) is 0 Å². The Morgan fingerprint density at radius 2 is 1.93 bits per heavy atom. The monoisotopic (exact) mass is 394 g/mol. The van der Waals surface area contributed by atoms with E-state index in [-0.39, 0.29) is 18.0 Å². The van der Waals surface area contributed by atoms with E-state index in [1.54, 1.807) is 0 Å². The number of benzene rings is 2. The van der Waals surface area contributed by atoms with Crippen LogP contribution in [0.3, 0.4) is 0 Å². The van der Waals surface area contributed by atoms with Gasteiger partial charge in [0.2, 0.25) is 0 Å². The van der Waals surface area contributed by atoms with Gasteiger partial charge in [-0.15, -0.1) is 0 Å². The molecule has 2 aromatic carbocycles. The van der Waals surface area contributed by atoms with Crippen molar-refractivity contribution in [3.8, 4) is 0 Å². The van der Waals surface area contributed by atoms with Crippen molar-refractivity contribution < 1.29 is 9.59 Å². The molecule has 0 spiro atoms. The molecule has 3 aromatic rings. The molecule has 144 valence electrons. The lowest BCUT2D eigenvalue weighted by molar-refractivity contribution is 0.0738. The van der Waals surface area contributed by atoms with E-state index in [2.05, 4.69) is 15.6 Å². The maximum Gasteiger partial charge on any atom is 0.321 e. The second-order valence-corrected chi connectivity index (χ2v) is 8.23. The molecule has 0 atom stereocenters. The Hall–Kier alpha value is -2.93. The Kier molecular flexibility index (Phi) is 5.00. The first-order valence-corrected chi connectivity index (χ1v) is 10.2. The Balaban J connectivity index is 1.52. The van der Waals surface area contributed by atoms with Crippen molar-refractivity contribution >= 4 is 39.2 Å². The van der Waals surface area contributed by atoms with E-state index in [9.17, 15) is 9.59 Å². The van der Waals surface area contributed by atoms with Crippen LogP contribution in [0.5, 0.6) is 0 Å². The molecule has 7 heteroatoms. The van der Waals surface area contributed by atoms with Crippen molar-refractivity contribution in [2.75, 3.05) is 11.9 Å². The predicted molar refractivity (Wildman–Crippen MR) is 112 cm³/mol. The van der Waals surface area contributed by atoms with Gasteiger partial charge in [0.25, 0.3) is 5.91 Å². The van der Waals surface area contributed by atoms with Crippen LogP contribution in [0.1, 0.15) is 34.8 Å². The summed E-state index contributed by atoms with van der Waals surface area (Å²) in [5, 5.41) is 8.18. The molecule has 0 saturated heterocycles. The summed E-state index contributed by atoms with van der Waals surface area (Å²) in [6, 6.07) is 13.6. The first-order chi connectivity index (χ1) is 13.5. The van der Waals surface area contributed by atoms with Crippen LogP contribution < -0.4 is 10.6 Å². The zero-order valence-corrected chi connectivity index (χ0v) is 16.7. The number of carbonyl (C=O) groups excluding carboxylic acids is 2. The van der Waals surface area contributed by atoms with Crippen LogP contribution in [0.2, 0.25) is 0 Å². The number of urea groups is 1. The fourth-order valence-corrected chi connectivity index (χ4v) is 4.42. The van der Waals surface area contributed by atoms with E-state index in [0.29, 0.717) is 24.6 Å². The molecular weight excluding hydrogens is 372 g/mol. The minimum Gasteiger partial charge on any atom is -0.336 e. The quantitative estimate of drug-likeness (QED) is 0.704. The van der Waals surface area contributed by atoms with Crippen LogP contribution in [0.15, 0.2) is 42.5 Å². The third-order valence-electron chi connectivity index (χ3n) is 4.68. The number of fused-ring (bicyclic) bond motifs is 2. The second kappa shape index (κ2) is 7.59. The topological polar surface area (TPSA) is 74.3 Å². The van der Waals surface area contributed by atoms with Gasteiger partial charge in [-0.3, -0.25) is 10.1 Å². The number of amides is 3. The van der Waals surface area contributed by atoms with Crippen molar-refractivity contribution in [2.24, 2.45) is 0 Å². The van der Waals surface area contributed by atoms with E-state index in [1.165, 1.54) is 11.3 Å². The molecule has 1 aliphatic heterocycles. The lowest BCUT2D eigenvalue weighted by Crippen LogP contribution is -2.35. The summed E-state index contributed by atoms with van der Waals surface area (Å²) < 4.78 is 0. The number of nitrogens with one attached hydrogen (secondary N) is 2. The Morgan fingerprint density at radius 3 is 2.75 bits per heavy atom. The van der Waals surface area contributed by atoms with Gasteiger partial charge in [0.05, 0.1) is 12.2 Å². The highest BCUT2D eigenvalue weighted by Gasteiger charge is 2.26.